The van der Waals surface area contributed by atoms with Gasteiger partial charge in [0.2, 0.25) is 0 Å². The van der Waals surface area contributed by atoms with E-state index in [1.165, 1.54) is 9.13 Å². The molecule has 0 atom stereocenters. The van der Waals surface area contributed by atoms with Crippen LogP contribution in [0.15, 0.2) is 27.8 Å². The monoisotopic (exact) mass is 249 g/mol. The van der Waals surface area contributed by atoms with Crippen LogP contribution in [0.3, 0.4) is 0 Å². The van der Waals surface area contributed by atoms with Gasteiger partial charge in [-0.3, -0.25) is 9.36 Å². The van der Waals surface area contributed by atoms with Gasteiger partial charge in [0.05, 0.1) is 0 Å². The molecule has 1 aromatic rings. The number of aryl methyl sites for hydroxylation is 2. The van der Waals surface area contributed by atoms with Gasteiger partial charge < -0.3 is 4.57 Å². The number of ketones is 1. The second-order valence-electron chi connectivity index (χ2n) is 4.57. The number of rotatable bonds is 3. The molecule has 0 N–H and O–H groups in total. The maximum atomic E-state index is 11.8. The summed E-state index contributed by atoms with van der Waals surface area (Å²) in [5.74, 6) is 0.101. The topological polar surface area (TPSA) is 56.4 Å². The minimum atomic E-state index is -0.128. The maximum Gasteiger partial charge on any atom is 0.329 e. The Morgan fingerprint density at radius 3 is 2.56 bits per heavy atom. The van der Waals surface area contributed by atoms with Crippen LogP contribution in [0.25, 0.3) is 0 Å². The van der Waals surface area contributed by atoms with Crippen molar-refractivity contribution < 1.29 is 4.79 Å². The highest BCUT2D eigenvalue weighted by Crippen LogP contribution is 1.99. The lowest BCUT2D eigenvalue weighted by Gasteiger charge is -2.05. The molecule has 0 aliphatic rings. The van der Waals surface area contributed by atoms with Crippen LogP contribution in [-0.2, 0) is 18.9 Å². The minimum absolute atomic E-state index is 0.101. The lowest BCUT2D eigenvalue weighted by Crippen LogP contribution is -2.38. The van der Waals surface area contributed by atoms with E-state index < -0.39 is 0 Å². The molecule has 0 unspecified atom stereocenters. The molecule has 0 saturated heterocycles. The second kappa shape index (κ2) is 5.62. The molecule has 0 aliphatic carbocycles. The first kappa shape index (κ1) is 14.2. The number of allylic oxidation sites excluding steroid dienone is 1. The molecule has 1 heterocycles. The van der Waals surface area contributed by atoms with Gasteiger partial charge in [0, 0.05) is 38.5 Å². The lowest BCUT2D eigenvalue weighted by molar-refractivity contribution is -0.116. The molecule has 5 nitrogen and oxygen atoms in total. The summed E-state index contributed by atoms with van der Waals surface area (Å²) >= 11 is 0. The molecule has 0 radical (unpaired) electrons. The SMILES string of the molecule is CC(=O)C/C(C)=C/N=c1c(C)cn(C)c(=O)n1C. The van der Waals surface area contributed by atoms with E-state index in [0.29, 0.717) is 11.9 Å². The average Bonchev–Trinajstić information content (AvgIpc) is 2.25. The molecule has 0 aromatic carbocycles. The Balaban J connectivity index is 3.30. The third-order valence-electron chi connectivity index (χ3n) is 2.58. The normalized spacial score (nSPS) is 12.9. The van der Waals surface area contributed by atoms with Gasteiger partial charge >= 0.3 is 5.69 Å². The molecular formula is C13H19N3O2. The molecule has 0 amide bonds. The van der Waals surface area contributed by atoms with Crippen molar-refractivity contribution in [3.05, 3.63) is 39.5 Å². The first-order valence-electron chi connectivity index (χ1n) is 5.75. The molecule has 1 rings (SSSR count). The predicted octanol–water partition coefficient (Wildman–Crippen LogP) is 0.816. The lowest BCUT2D eigenvalue weighted by atomic mass is 10.2. The summed E-state index contributed by atoms with van der Waals surface area (Å²) in [4.78, 5) is 27.0. The summed E-state index contributed by atoms with van der Waals surface area (Å²) in [5.41, 5.74) is 2.27. The smallest absolute Gasteiger partial charge is 0.303 e. The van der Waals surface area contributed by atoms with Crippen LogP contribution in [0.4, 0.5) is 0 Å². The quantitative estimate of drug-likeness (QED) is 0.796. The van der Waals surface area contributed by atoms with Crippen molar-refractivity contribution in [2.45, 2.75) is 27.2 Å². The molecule has 0 aliphatic heterocycles. The van der Waals surface area contributed by atoms with Gasteiger partial charge in [-0.05, 0) is 26.3 Å². The van der Waals surface area contributed by atoms with E-state index in [0.717, 1.165) is 11.1 Å². The predicted molar refractivity (Wildman–Crippen MR) is 70.0 cm³/mol. The minimum Gasteiger partial charge on any atom is -0.303 e. The number of hydrogen-bond acceptors (Lipinski definition) is 3. The molecule has 18 heavy (non-hydrogen) atoms. The fourth-order valence-corrected chi connectivity index (χ4v) is 1.79. The molecule has 98 valence electrons. The van der Waals surface area contributed by atoms with E-state index in [-0.39, 0.29) is 11.5 Å². The van der Waals surface area contributed by atoms with E-state index >= 15 is 0 Å². The van der Waals surface area contributed by atoms with Crippen molar-refractivity contribution in [1.29, 1.82) is 0 Å². The Labute approximate surface area is 106 Å². The van der Waals surface area contributed by atoms with Crippen LogP contribution in [0.1, 0.15) is 25.8 Å². The largest absolute Gasteiger partial charge is 0.329 e. The van der Waals surface area contributed by atoms with Crippen molar-refractivity contribution in [1.82, 2.24) is 9.13 Å². The molecule has 0 saturated carbocycles. The van der Waals surface area contributed by atoms with Crippen LogP contribution in [0.5, 0.6) is 0 Å². The van der Waals surface area contributed by atoms with E-state index in [2.05, 4.69) is 4.99 Å². The standard InChI is InChI=1S/C13H19N3O2/c1-9(6-11(3)17)7-14-12-10(2)8-15(4)13(18)16(12)5/h7-8H,6H2,1-5H3/b9-7+,14-12?. The van der Waals surface area contributed by atoms with Crippen LogP contribution in [0.2, 0.25) is 0 Å². The highest BCUT2D eigenvalue weighted by atomic mass is 16.1. The molecule has 0 bridgehead atoms. The average molecular weight is 249 g/mol. The first-order chi connectivity index (χ1) is 8.32. The van der Waals surface area contributed by atoms with E-state index in [9.17, 15) is 9.59 Å². The van der Waals surface area contributed by atoms with Crippen LogP contribution < -0.4 is 11.2 Å². The van der Waals surface area contributed by atoms with Gasteiger partial charge in [-0.2, -0.15) is 0 Å². The maximum absolute atomic E-state index is 11.8. The Hall–Kier alpha value is -1.91. The zero-order valence-corrected chi connectivity index (χ0v) is 11.5. The number of nitrogens with zero attached hydrogens (tertiary/aromatic N) is 3. The first-order valence-corrected chi connectivity index (χ1v) is 5.75. The molecule has 0 spiro atoms. The van der Waals surface area contributed by atoms with E-state index in [1.807, 2.05) is 13.8 Å². The summed E-state index contributed by atoms with van der Waals surface area (Å²) in [6, 6.07) is 0. The van der Waals surface area contributed by atoms with Crippen LogP contribution >= 0.6 is 0 Å². The Kier molecular flexibility index (Phi) is 4.42. The molecule has 5 heteroatoms. The summed E-state index contributed by atoms with van der Waals surface area (Å²) < 4.78 is 3.01. The molecule has 0 fully saturated rings. The van der Waals surface area contributed by atoms with Crippen LogP contribution in [0, 0.1) is 6.92 Å². The highest BCUT2D eigenvalue weighted by molar-refractivity contribution is 5.77. The molecular weight excluding hydrogens is 230 g/mol. The molecule has 1 aromatic heterocycles. The van der Waals surface area contributed by atoms with Crippen molar-refractivity contribution in [3.8, 4) is 0 Å². The summed E-state index contributed by atoms with van der Waals surface area (Å²) in [7, 11) is 3.39. The van der Waals surface area contributed by atoms with Crippen molar-refractivity contribution in [2.75, 3.05) is 0 Å². The number of hydrogen-bond donors (Lipinski definition) is 0. The number of aromatic nitrogens is 2. The van der Waals surface area contributed by atoms with Gasteiger partial charge in [-0.1, -0.05) is 0 Å². The fraction of sp³-hybridized carbons (Fsp3) is 0.462. The summed E-state index contributed by atoms with van der Waals surface area (Å²) in [5, 5.41) is 0. The summed E-state index contributed by atoms with van der Waals surface area (Å²) in [6.45, 7) is 5.29. The number of carbonyl (C=O) groups is 1. The Morgan fingerprint density at radius 1 is 1.39 bits per heavy atom. The van der Waals surface area contributed by atoms with Gasteiger partial charge in [0.1, 0.15) is 11.3 Å². The van der Waals surface area contributed by atoms with Gasteiger partial charge in [-0.15, -0.1) is 0 Å². The van der Waals surface area contributed by atoms with Gasteiger partial charge in [0.15, 0.2) is 0 Å². The Bertz CT molecular complexity index is 618. The zero-order chi connectivity index (χ0) is 13.9. The van der Waals surface area contributed by atoms with Gasteiger partial charge in [-0.25, -0.2) is 9.79 Å². The van der Waals surface area contributed by atoms with Crippen LogP contribution in [-0.4, -0.2) is 14.9 Å². The third kappa shape index (κ3) is 3.29. The van der Waals surface area contributed by atoms with Crippen molar-refractivity contribution in [3.63, 3.8) is 0 Å². The van der Waals surface area contributed by atoms with Gasteiger partial charge in [0.25, 0.3) is 0 Å². The van der Waals surface area contributed by atoms with Crippen molar-refractivity contribution >= 4 is 5.78 Å². The number of Topliss-reactive ketones (excluding diaryl/α,β-unsaturated/α-hetero) is 1. The highest BCUT2D eigenvalue weighted by Gasteiger charge is 2.00. The fourth-order valence-electron chi connectivity index (χ4n) is 1.79. The third-order valence-corrected chi connectivity index (χ3v) is 2.58. The van der Waals surface area contributed by atoms with Crippen molar-refractivity contribution in [2.24, 2.45) is 19.1 Å². The van der Waals surface area contributed by atoms with E-state index in [1.54, 1.807) is 33.4 Å². The second-order valence-corrected chi connectivity index (χ2v) is 4.57. The zero-order valence-electron chi connectivity index (χ0n) is 11.5. The number of carbonyl (C=O) groups excluding carboxylic acids is 1. The van der Waals surface area contributed by atoms with E-state index in [4.69, 9.17) is 0 Å². The Morgan fingerprint density at radius 2 is 2.00 bits per heavy atom. The summed E-state index contributed by atoms with van der Waals surface area (Å²) in [6.07, 6.45) is 3.77.